The van der Waals surface area contributed by atoms with E-state index >= 15 is 0 Å². The molecule has 0 amide bonds. The molecule has 0 aromatic carbocycles. The third-order valence-corrected chi connectivity index (χ3v) is 3.57. The monoisotopic (exact) mass is 243 g/mol. The Labute approximate surface area is 112 Å². The lowest BCUT2D eigenvalue weighted by Gasteiger charge is -2.11. The van der Waals surface area contributed by atoms with E-state index in [-0.39, 0.29) is 0 Å². The van der Waals surface area contributed by atoms with Gasteiger partial charge in [0.1, 0.15) is 0 Å². The smallest absolute Gasteiger partial charge is 0.0531 e. The lowest BCUT2D eigenvalue weighted by molar-refractivity contribution is 0.587. The first-order chi connectivity index (χ1) is 8.61. The van der Waals surface area contributed by atoms with Gasteiger partial charge in [-0.2, -0.15) is 0 Å². The molecule has 0 radical (unpaired) electrons. The van der Waals surface area contributed by atoms with Gasteiger partial charge in [-0.25, -0.2) is 0 Å². The van der Waals surface area contributed by atoms with Crippen LogP contribution in [0.25, 0.3) is 0 Å². The zero-order valence-electron chi connectivity index (χ0n) is 12.0. The molecule has 1 aliphatic rings. The molecule has 18 heavy (non-hydrogen) atoms. The first-order valence-corrected chi connectivity index (χ1v) is 6.81. The van der Waals surface area contributed by atoms with Crippen LogP contribution >= 0.6 is 0 Å². The number of nitrogens with zero attached hydrogens (tertiary/aromatic N) is 1. The quantitative estimate of drug-likeness (QED) is 0.583. The van der Waals surface area contributed by atoms with Crippen LogP contribution in [0, 0.1) is 11.8 Å². The summed E-state index contributed by atoms with van der Waals surface area (Å²) in [4.78, 5) is 4.52. The molecule has 0 spiro atoms. The summed E-state index contributed by atoms with van der Waals surface area (Å²) in [7, 11) is 0. The van der Waals surface area contributed by atoms with Crippen LogP contribution in [0.3, 0.4) is 0 Å². The standard InChI is InChI=1S/C17H25N/c1-14-10-6-5-7-12-16(3)17(4)18-13-9-8-11-15(14)2/h5-9,11-14,16-17H,10H2,1-4H3/b6-5-,9-8-,12-7-,15-11-,18-13?. The molecule has 3 atom stereocenters. The summed E-state index contributed by atoms with van der Waals surface area (Å²) in [6.07, 6.45) is 18.0. The molecule has 0 bridgehead atoms. The molecule has 3 unspecified atom stereocenters. The summed E-state index contributed by atoms with van der Waals surface area (Å²) < 4.78 is 0. The van der Waals surface area contributed by atoms with Crippen LogP contribution in [0.15, 0.2) is 53.1 Å². The molecule has 1 heterocycles. The number of hydrogen-bond acceptors (Lipinski definition) is 1. The maximum absolute atomic E-state index is 4.52. The van der Waals surface area contributed by atoms with Gasteiger partial charge in [0.05, 0.1) is 6.04 Å². The van der Waals surface area contributed by atoms with Crippen molar-refractivity contribution in [3.05, 3.63) is 48.1 Å². The first kappa shape index (κ1) is 14.7. The Kier molecular flexibility index (Phi) is 6.42. The topological polar surface area (TPSA) is 12.4 Å². The zero-order valence-corrected chi connectivity index (χ0v) is 12.0. The van der Waals surface area contributed by atoms with Crippen LogP contribution in [0.5, 0.6) is 0 Å². The van der Waals surface area contributed by atoms with Crippen LogP contribution in [0.2, 0.25) is 0 Å². The molecule has 0 saturated heterocycles. The van der Waals surface area contributed by atoms with Gasteiger partial charge >= 0.3 is 0 Å². The summed E-state index contributed by atoms with van der Waals surface area (Å²) >= 11 is 0. The molecule has 0 fully saturated rings. The normalized spacial score (nSPS) is 38.2. The second-order valence-electron chi connectivity index (χ2n) is 5.14. The molecule has 0 aliphatic carbocycles. The summed E-state index contributed by atoms with van der Waals surface area (Å²) in [6.45, 7) is 8.80. The van der Waals surface area contributed by atoms with Gasteiger partial charge in [-0.15, -0.1) is 0 Å². The molecule has 1 aliphatic heterocycles. The highest BCUT2D eigenvalue weighted by Gasteiger charge is 2.05. The highest BCUT2D eigenvalue weighted by atomic mass is 14.8. The van der Waals surface area contributed by atoms with E-state index in [1.54, 1.807) is 0 Å². The average molecular weight is 243 g/mol. The van der Waals surface area contributed by atoms with Crippen molar-refractivity contribution in [2.45, 2.75) is 40.2 Å². The van der Waals surface area contributed by atoms with Crippen molar-refractivity contribution in [1.82, 2.24) is 0 Å². The molecule has 0 N–H and O–H groups in total. The predicted molar refractivity (Wildman–Crippen MR) is 82.1 cm³/mol. The minimum absolute atomic E-state index is 0.325. The van der Waals surface area contributed by atoms with Crippen molar-refractivity contribution in [3.63, 3.8) is 0 Å². The predicted octanol–water partition coefficient (Wildman–Crippen LogP) is 4.74. The van der Waals surface area contributed by atoms with Crippen molar-refractivity contribution in [2.24, 2.45) is 16.8 Å². The van der Waals surface area contributed by atoms with Gasteiger partial charge in [0.15, 0.2) is 0 Å². The minimum atomic E-state index is 0.325. The van der Waals surface area contributed by atoms with Gasteiger partial charge < -0.3 is 0 Å². The van der Waals surface area contributed by atoms with Crippen molar-refractivity contribution in [3.8, 4) is 0 Å². The lowest BCUT2D eigenvalue weighted by atomic mass is 9.98. The molecule has 1 rings (SSSR count). The lowest BCUT2D eigenvalue weighted by Crippen LogP contribution is -2.08. The van der Waals surface area contributed by atoms with Crippen LogP contribution < -0.4 is 0 Å². The fourth-order valence-corrected chi connectivity index (χ4v) is 1.69. The van der Waals surface area contributed by atoms with Gasteiger partial charge in [-0.1, -0.05) is 55.9 Å². The average Bonchev–Trinajstić information content (AvgIpc) is 2.35. The molecule has 0 saturated carbocycles. The van der Waals surface area contributed by atoms with Crippen molar-refractivity contribution >= 4 is 6.21 Å². The third kappa shape index (κ3) is 5.31. The molecule has 0 aromatic heterocycles. The van der Waals surface area contributed by atoms with E-state index in [0.717, 1.165) is 6.42 Å². The maximum atomic E-state index is 4.52. The largest absolute Gasteiger partial charge is 0.290 e. The number of rotatable bonds is 0. The molecular formula is C17H25N. The van der Waals surface area contributed by atoms with E-state index in [1.807, 2.05) is 12.3 Å². The molecular weight excluding hydrogens is 218 g/mol. The molecule has 1 nitrogen and oxygen atoms in total. The molecule has 0 aromatic rings. The van der Waals surface area contributed by atoms with Crippen molar-refractivity contribution in [2.75, 3.05) is 0 Å². The second kappa shape index (κ2) is 7.86. The molecule has 1 heteroatoms. The van der Waals surface area contributed by atoms with E-state index in [9.17, 15) is 0 Å². The van der Waals surface area contributed by atoms with Gasteiger partial charge in [0, 0.05) is 6.21 Å². The molecule has 98 valence electrons. The van der Waals surface area contributed by atoms with Crippen molar-refractivity contribution < 1.29 is 0 Å². The highest BCUT2D eigenvalue weighted by Crippen LogP contribution is 2.15. The van der Waals surface area contributed by atoms with E-state index in [4.69, 9.17) is 0 Å². The number of aliphatic imine (C=N–C) groups is 1. The SMILES string of the molecule is C/C1=C/C=C\C=NC(C)C(C)/C=C\C=C/CC1C. The van der Waals surface area contributed by atoms with Gasteiger partial charge in [0.2, 0.25) is 0 Å². The Morgan fingerprint density at radius 1 is 1.06 bits per heavy atom. The van der Waals surface area contributed by atoms with Crippen molar-refractivity contribution in [1.29, 1.82) is 0 Å². The summed E-state index contributed by atoms with van der Waals surface area (Å²) in [5.74, 6) is 1.06. The Morgan fingerprint density at radius 2 is 1.83 bits per heavy atom. The third-order valence-electron chi connectivity index (χ3n) is 3.57. The van der Waals surface area contributed by atoms with Gasteiger partial charge in [-0.05, 0) is 38.2 Å². The minimum Gasteiger partial charge on any atom is -0.290 e. The Morgan fingerprint density at radius 3 is 2.61 bits per heavy atom. The summed E-state index contributed by atoms with van der Waals surface area (Å²) in [5, 5.41) is 0. The summed E-state index contributed by atoms with van der Waals surface area (Å²) in [5.41, 5.74) is 1.41. The van der Waals surface area contributed by atoms with Crippen LogP contribution in [-0.4, -0.2) is 12.3 Å². The number of allylic oxidation sites excluding steroid dienone is 7. The fourth-order valence-electron chi connectivity index (χ4n) is 1.69. The first-order valence-electron chi connectivity index (χ1n) is 6.81. The van der Waals surface area contributed by atoms with E-state index in [2.05, 4.69) is 69.1 Å². The Balaban J connectivity index is 2.85. The van der Waals surface area contributed by atoms with Crippen LogP contribution in [-0.2, 0) is 0 Å². The van der Waals surface area contributed by atoms with E-state index in [1.165, 1.54) is 5.57 Å². The second-order valence-corrected chi connectivity index (χ2v) is 5.14. The van der Waals surface area contributed by atoms with E-state index < -0.39 is 0 Å². The van der Waals surface area contributed by atoms with Gasteiger partial charge in [-0.3, -0.25) is 4.99 Å². The highest BCUT2D eigenvalue weighted by molar-refractivity contribution is 5.71. The maximum Gasteiger partial charge on any atom is 0.0531 e. The van der Waals surface area contributed by atoms with Gasteiger partial charge in [0.25, 0.3) is 0 Å². The number of hydrogen-bond donors (Lipinski definition) is 0. The van der Waals surface area contributed by atoms with E-state index in [0.29, 0.717) is 17.9 Å². The Bertz CT molecular complexity index is 382. The summed E-state index contributed by atoms with van der Waals surface area (Å²) in [6, 6.07) is 0.325. The zero-order chi connectivity index (χ0) is 13.4. The van der Waals surface area contributed by atoms with Crippen LogP contribution in [0.4, 0.5) is 0 Å². The Hall–Kier alpha value is -1.37. The fraction of sp³-hybridized carbons (Fsp3) is 0.471. The van der Waals surface area contributed by atoms with Crippen LogP contribution in [0.1, 0.15) is 34.1 Å².